The first-order valence-corrected chi connectivity index (χ1v) is 5.81. The summed E-state index contributed by atoms with van der Waals surface area (Å²) in [5.41, 5.74) is 5.49. The second-order valence-electron chi connectivity index (χ2n) is 4.05. The first kappa shape index (κ1) is 15.7. The Morgan fingerprint density at radius 3 is 2.19 bits per heavy atom. The standard InChI is InChI=1S/C11H22N2O2.ClH/c1-15-10(9-12)11(14)13-7-5-3-2-4-6-8-13;/h10H,2-9,12H2,1H3;1H. The molecule has 1 atom stereocenters. The second kappa shape index (κ2) is 8.79. The summed E-state index contributed by atoms with van der Waals surface area (Å²) in [5, 5.41) is 0. The molecule has 0 aromatic rings. The monoisotopic (exact) mass is 250 g/mol. The van der Waals surface area contributed by atoms with E-state index < -0.39 is 6.10 Å². The Morgan fingerprint density at radius 1 is 1.25 bits per heavy atom. The van der Waals surface area contributed by atoms with Crippen molar-refractivity contribution in [2.45, 2.75) is 38.2 Å². The molecule has 16 heavy (non-hydrogen) atoms. The van der Waals surface area contributed by atoms with Crippen LogP contribution in [0.1, 0.15) is 32.1 Å². The molecular weight excluding hydrogens is 228 g/mol. The molecule has 96 valence electrons. The molecule has 1 unspecified atom stereocenters. The molecule has 0 aliphatic carbocycles. The van der Waals surface area contributed by atoms with E-state index in [4.69, 9.17) is 10.5 Å². The third-order valence-electron chi connectivity index (χ3n) is 2.94. The zero-order chi connectivity index (χ0) is 11.1. The highest BCUT2D eigenvalue weighted by Crippen LogP contribution is 2.11. The summed E-state index contributed by atoms with van der Waals surface area (Å²) in [7, 11) is 1.54. The fourth-order valence-electron chi connectivity index (χ4n) is 1.97. The number of nitrogens with zero attached hydrogens (tertiary/aromatic N) is 1. The molecule has 1 heterocycles. The number of rotatable bonds is 3. The van der Waals surface area contributed by atoms with Crippen molar-refractivity contribution < 1.29 is 9.53 Å². The fraction of sp³-hybridized carbons (Fsp3) is 0.909. The average Bonchev–Trinajstić information content (AvgIpc) is 2.18. The molecule has 0 spiro atoms. The van der Waals surface area contributed by atoms with Gasteiger partial charge in [0.25, 0.3) is 5.91 Å². The maximum Gasteiger partial charge on any atom is 0.253 e. The van der Waals surface area contributed by atoms with E-state index in [1.165, 1.54) is 19.3 Å². The Morgan fingerprint density at radius 2 is 1.75 bits per heavy atom. The number of likely N-dealkylation sites (tertiary alicyclic amines) is 1. The zero-order valence-electron chi connectivity index (χ0n) is 9.98. The molecule has 0 aromatic heterocycles. The van der Waals surface area contributed by atoms with Gasteiger partial charge in [-0.05, 0) is 12.8 Å². The van der Waals surface area contributed by atoms with Gasteiger partial charge < -0.3 is 15.4 Å². The number of carbonyl (C=O) groups is 1. The average molecular weight is 251 g/mol. The minimum Gasteiger partial charge on any atom is -0.370 e. The Kier molecular flexibility index (Phi) is 8.61. The molecule has 0 aromatic carbocycles. The van der Waals surface area contributed by atoms with Gasteiger partial charge in [0.15, 0.2) is 0 Å². The van der Waals surface area contributed by atoms with Gasteiger partial charge in [-0.15, -0.1) is 12.4 Å². The minimum absolute atomic E-state index is 0. The van der Waals surface area contributed by atoms with Crippen LogP contribution in [0.4, 0.5) is 0 Å². The molecule has 4 nitrogen and oxygen atoms in total. The summed E-state index contributed by atoms with van der Waals surface area (Å²) < 4.78 is 5.07. The van der Waals surface area contributed by atoms with Gasteiger partial charge in [0, 0.05) is 26.7 Å². The van der Waals surface area contributed by atoms with E-state index in [1.807, 2.05) is 4.90 Å². The van der Waals surface area contributed by atoms with Crippen molar-refractivity contribution in [2.24, 2.45) is 5.73 Å². The zero-order valence-corrected chi connectivity index (χ0v) is 10.8. The molecule has 5 heteroatoms. The molecular formula is C11H23ClN2O2. The van der Waals surface area contributed by atoms with Gasteiger partial charge in [-0.3, -0.25) is 4.79 Å². The lowest BCUT2D eigenvalue weighted by molar-refractivity contribution is -0.141. The highest BCUT2D eigenvalue weighted by Gasteiger charge is 2.22. The van der Waals surface area contributed by atoms with Crippen LogP contribution < -0.4 is 5.73 Å². The Balaban J connectivity index is 0.00000225. The maximum absolute atomic E-state index is 11.9. The smallest absolute Gasteiger partial charge is 0.253 e. The Labute approximate surface area is 104 Å². The van der Waals surface area contributed by atoms with E-state index in [0.717, 1.165) is 25.9 Å². The topological polar surface area (TPSA) is 55.6 Å². The lowest BCUT2D eigenvalue weighted by atomic mass is 10.1. The van der Waals surface area contributed by atoms with Gasteiger partial charge >= 0.3 is 0 Å². The summed E-state index contributed by atoms with van der Waals surface area (Å²) in [4.78, 5) is 13.8. The van der Waals surface area contributed by atoms with Crippen LogP contribution in [-0.2, 0) is 9.53 Å². The van der Waals surface area contributed by atoms with Gasteiger partial charge in [-0.2, -0.15) is 0 Å². The van der Waals surface area contributed by atoms with Crippen LogP contribution in [0, 0.1) is 0 Å². The molecule has 0 saturated carbocycles. The van der Waals surface area contributed by atoms with Crippen LogP contribution in [0.3, 0.4) is 0 Å². The van der Waals surface area contributed by atoms with E-state index in [0.29, 0.717) is 0 Å². The predicted octanol–water partition coefficient (Wildman–Crippen LogP) is 1.17. The molecule has 1 fully saturated rings. The SMILES string of the molecule is COC(CN)C(=O)N1CCCCCCC1.Cl. The van der Waals surface area contributed by atoms with Crippen molar-refractivity contribution in [1.82, 2.24) is 4.90 Å². The number of halogens is 1. The van der Waals surface area contributed by atoms with Crippen LogP contribution >= 0.6 is 12.4 Å². The number of ether oxygens (including phenoxy) is 1. The highest BCUT2D eigenvalue weighted by molar-refractivity contribution is 5.85. The molecule has 1 amide bonds. The van der Waals surface area contributed by atoms with Gasteiger partial charge in [-0.25, -0.2) is 0 Å². The van der Waals surface area contributed by atoms with Crippen LogP contribution in [0.5, 0.6) is 0 Å². The lowest BCUT2D eigenvalue weighted by Gasteiger charge is -2.27. The molecule has 1 aliphatic heterocycles. The van der Waals surface area contributed by atoms with Crippen molar-refractivity contribution in [3.05, 3.63) is 0 Å². The summed E-state index contributed by atoms with van der Waals surface area (Å²) in [5.74, 6) is 0.0573. The quantitative estimate of drug-likeness (QED) is 0.818. The molecule has 0 bridgehead atoms. The largest absolute Gasteiger partial charge is 0.370 e. The predicted molar refractivity (Wildman–Crippen MR) is 66.8 cm³/mol. The maximum atomic E-state index is 11.9. The van der Waals surface area contributed by atoms with E-state index in [1.54, 1.807) is 7.11 Å². The van der Waals surface area contributed by atoms with E-state index >= 15 is 0 Å². The third-order valence-corrected chi connectivity index (χ3v) is 2.94. The van der Waals surface area contributed by atoms with E-state index in [2.05, 4.69) is 0 Å². The number of nitrogens with two attached hydrogens (primary N) is 1. The van der Waals surface area contributed by atoms with E-state index in [-0.39, 0.29) is 24.9 Å². The Hall–Kier alpha value is -0.320. The first-order chi connectivity index (χ1) is 7.29. The normalized spacial score (nSPS) is 19.2. The molecule has 0 radical (unpaired) electrons. The third kappa shape index (κ3) is 4.68. The number of amides is 1. The van der Waals surface area contributed by atoms with Gasteiger partial charge in [-0.1, -0.05) is 19.3 Å². The summed E-state index contributed by atoms with van der Waals surface area (Å²) in [6.45, 7) is 1.99. The van der Waals surface area contributed by atoms with Gasteiger partial charge in [0.2, 0.25) is 0 Å². The molecule has 2 N–H and O–H groups in total. The van der Waals surface area contributed by atoms with Crippen LogP contribution in [0.15, 0.2) is 0 Å². The molecule has 1 aliphatic rings. The summed E-state index contributed by atoms with van der Waals surface area (Å²) in [6.07, 6.45) is 5.50. The van der Waals surface area contributed by atoms with Crippen molar-refractivity contribution in [1.29, 1.82) is 0 Å². The molecule has 1 rings (SSSR count). The van der Waals surface area contributed by atoms with Crippen molar-refractivity contribution in [3.63, 3.8) is 0 Å². The van der Waals surface area contributed by atoms with E-state index in [9.17, 15) is 4.79 Å². The number of methoxy groups -OCH3 is 1. The van der Waals surface area contributed by atoms with Crippen LogP contribution in [0.25, 0.3) is 0 Å². The Bertz CT molecular complexity index is 190. The van der Waals surface area contributed by atoms with Crippen molar-refractivity contribution >= 4 is 18.3 Å². The van der Waals surface area contributed by atoms with Crippen LogP contribution in [0.2, 0.25) is 0 Å². The lowest BCUT2D eigenvalue weighted by Crippen LogP contribution is -2.44. The first-order valence-electron chi connectivity index (χ1n) is 5.81. The summed E-state index contributed by atoms with van der Waals surface area (Å²) >= 11 is 0. The number of hydrogen-bond acceptors (Lipinski definition) is 3. The van der Waals surface area contributed by atoms with Crippen molar-refractivity contribution in [2.75, 3.05) is 26.7 Å². The number of hydrogen-bond donors (Lipinski definition) is 1. The minimum atomic E-state index is -0.454. The second-order valence-corrected chi connectivity index (χ2v) is 4.05. The molecule has 1 saturated heterocycles. The van der Waals surface area contributed by atoms with Gasteiger partial charge in [0.1, 0.15) is 6.10 Å². The van der Waals surface area contributed by atoms with Crippen LogP contribution in [-0.4, -0.2) is 43.7 Å². The number of carbonyl (C=O) groups excluding carboxylic acids is 1. The fourth-order valence-corrected chi connectivity index (χ4v) is 1.97. The summed E-state index contributed by atoms with van der Waals surface area (Å²) in [6, 6.07) is 0. The van der Waals surface area contributed by atoms with Crippen molar-refractivity contribution in [3.8, 4) is 0 Å². The van der Waals surface area contributed by atoms with Gasteiger partial charge in [0.05, 0.1) is 0 Å². The highest BCUT2D eigenvalue weighted by atomic mass is 35.5.